The van der Waals surface area contributed by atoms with Crippen LogP contribution in [0, 0.1) is 11.8 Å². The van der Waals surface area contributed by atoms with Crippen LogP contribution in [0.4, 0.5) is 0 Å². The van der Waals surface area contributed by atoms with Gasteiger partial charge in [0.05, 0.1) is 19.8 Å². The lowest BCUT2D eigenvalue weighted by atomic mass is 10.1. The molecule has 0 aliphatic heterocycles. The van der Waals surface area contributed by atoms with E-state index in [0.717, 1.165) is 5.56 Å². The molecule has 6 nitrogen and oxygen atoms in total. The van der Waals surface area contributed by atoms with E-state index in [1.54, 1.807) is 56.6 Å². The topological polar surface area (TPSA) is 67.9 Å². The Morgan fingerprint density at radius 1 is 0.931 bits per heavy atom. The van der Waals surface area contributed by atoms with Gasteiger partial charge in [-0.1, -0.05) is 11.8 Å². The molecule has 0 saturated carbocycles. The molecule has 0 aromatic heterocycles. The second-order valence-corrected chi connectivity index (χ2v) is 6.29. The summed E-state index contributed by atoms with van der Waals surface area (Å²) in [5.41, 5.74) is 1.86. The molecule has 2 aromatic rings. The Balaban J connectivity index is 1.96. The minimum Gasteiger partial charge on any atom is -0.490 e. The molecule has 29 heavy (non-hydrogen) atoms. The van der Waals surface area contributed by atoms with Crippen LogP contribution in [-0.2, 0) is 0 Å². The van der Waals surface area contributed by atoms with E-state index in [4.69, 9.17) is 9.47 Å². The summed E-state index contributed by atoms with van der Waals surface area (Å²) in [6, 6.07) is 12.1. The normalized spacial score (nSPS) is 9.79. The highest BCUT2D eigenvalue weighted by atomic mass is 16.5. The molecule has 0 unspecified atom stereocenters. The fourth-order valence-corrected chi connectivity index (χ4v) is 2.52. The predicted molar refractivity (Wildman–Crippen MR) is 112 cm³/mol. The molecular formula is C23H26N2O4. The molecule has 0 radical (unpaired) electrons. The number of hydrogen-bond donors (Lipinski definition) is 1. The molecule has 0 atom stereocenters. The zero-order valence-corrected chi connectivity index (χ0v) is 17.2. The third kappa shape index (κ3) is 6.28. The lowest BCUT2D eigenvalue weighted by Crippen LogP contribution is -2.23. The number of nitrogens with zero attached hydrogens (tertiary/aromatic N) is 1. The highest BCUT2D eigenvalue weighted by molar-refractivity contribution is 5.95. The van der Waals surface area contributed by atoms with Gasteiger partial charge in [0.1, 0.15) is 0 Å². The molecule has 0 spiro atoms. The van der Waals surface area contributed by atoms with Crippen LogP contribution < -0.4 is 14.8 Å². The van der Waals surface area contributed by atoms with Gasteiger partial charge in [-0.2, -0.15) is 0 Å². The predicted octanol–water partition coefficient (Wildman–Crippen LogP) is 2.97. The second-order valence-electron chi connectivity index (χ2n) is 6.29. The van der Waals surface area contributed by atoms with Gasteiger partial charge in [-0.3, -0.25) is 9.59 Å². The monoisotopic (exact) mass is 394 g/mol. The molecule has 0 saturated heterocycles. The first kappa shape index (κ1) is 21.8. The average molecular weight is 394 g/mol. The van der Waals surface area contributed by atoms with Crippen molar-refractivity contribution < 1.29 is 19.1 Å². The molecule has 0 fully saturated rings. The molecule has 6 heteroatoms. The minimum atomic E-state index is -0.241. The molecule has 2 rings (SSSR count). The Hall–Kier alpha value is -3.46. The lowest BCUT2D eigenvalue weighted by Gasteiger charge is -2.12. The second kappa shape index (κ2) is 10.8. The van der Waals surface area contributed by atoms with Crippen molar-refractivity contribution in [3.8, 4) is 23.3 Å². The van der Waals surface area contributed by atoms with Crippen LogP contribution in [0.15, 0.2) is 42.5 Å². The van der Waals surface area contributed by atoms with Gasteiger partial charge >= 0.3 is 0 Å². The van der Waals surface area contributed by atoms with E-state index < -0.39 is 0 Å². The van der Waals surface area contributed by atoms with Crippen molar-refractivity contribution in [2.24, 2.45) is 0 Å². The number of benzene rings is 2. The van der Waals surface area contributed by atoms with Gasteiger partial charge in [0.15, 0.2) is 11.5 Å². The largest absolute Gasteiger partial charge is 0.490 e. The summed E-state index contributed by atoms with van der Waals surface area (Å²) >= 11 is 0. The highest BCUT2D eigenvalue weighted by Crippen LogP contribution is 2.28. The number of rotatable bonds is 7. The van der Waals surface area contributed by atoms with E-state index in [1.165, 1.54) is 4.90 Å². The fourth-order valence-electron chi connectivity index (χ4n) is 2.52. The first-order chi connectivity index (χ1) is 14.0. The van der Waals surface area contributed by atoms with Crippen LogP contribution in [0.1, 0.15) is 40.1 Å². The van der Waals surface area contributed by atoms with E-state index in [2.05, 4.69) is 17.2 Å². The van der Waals surface area contributed by atoms with E-state index in [-0.39, 0.29) is 18.4 Å². The maximum Gasteiger partial charge on any atom is 0.253 e. The van der Waals surface area contributed by atoms with Crippen molar-refractivity contribution in [3.05, 3.63) is 59.2 Å². The highest BCUT2D eigenvalue weighted by Gasteiger charge is 2.11. The van der Waals surface area contributed by atoms with E-state index in [0.29, 0.717) is 35.8 Å². The summed E-state index contributed by atoms with van der Waals surface area (Å²) < 4.78 is 11.1. The molecule has 0 heterocycles. The van der Waals surface area contributed by atoms with Crippen LogP contribution >= 0.6 is 0 Å². The third-order valence-corrected chi connectivity index (χ3v) is 3.91. The summed E-state index contributed by atoms with van der Waals surface area (Å²) in [5, 5.41) is 2.76. The summed E-state index contributed by atoms with van der Waals surface area (Å²) in [6.07, 6.45) is 0. The molecular weight excluding hydrogens is 368 g/mol. The Morgan fingerprint density at radius 2 is 1.55 bits per heavy atom. The fraction of sp³-hybridized carbons (Fsp3) is 0.304. The van der Waals surface area contributed by atoms with Gasteiger partial charge < -0.3 is 19.7 Å². The summed E-state index contributed by atoms with van der Waals surface area (Å²) in [4.78, 5) is 25.7. The Labute approximate surface area is 171 Å². The summed E-state index contributed by atoms with van der Waals surface area (Å²) in [7, 11) is 3.42. The van der Waals surface area contributed by atoms with Crippen molar-refractivity contribution >= 4 is 11.8 Å². The lowest BCUT2D eigenvalue weighted by molar-refractivity contribution is 0.0827. The van der Waals surface area contributed by atoms with Gasteiger partial charge in [0.25, 0.3) is 11.8 Å². The van der Waals surface area contributed by atoms with Gasteiger partial charge in [-0.15, -0.1) is 0 Å². The molecule has 2 aromatic carbocycles. The van der Waals surface area contributed by atoms with Crippen molar-refractivity contribution in [1.82, 2.24) is 10.2 Å². The maximum atomic E-state index is 12.3. The number of carbonyl (C=O) groups is 2. The van der Waals surface area contributed by atoms with Gasteiger partial charge in [0.2, 0.25) is 0 Å². The SMILES string of the molecule is CCOc1ccc(C(=O)NCC#Cc2ccc(C(=O)N(C)C)cc2)cc1OCC. The van der Waals surface area contributed by atoms with E-state index >= 15 is 0 Å². The summed E-state index contributed by atoms with van der Waals surface area (Å²) in [5.74, 6) is 6.74. The maximum absolute atomic E-state index is 12.3. The van der Waals surface area contributed by atoms with E-state index in [1.807, 2.05) is 13.8 Å². The molecule has 2 amide bonds. The minimum absolute atomic E-state index is 0.0569. The first-order valence-corrected chi connectivity index (χ1v) is 9.44. The number of amides is 2. The zero-order valence-electron chi connectivity index (χ0n) is 17.2. The Bertz CT molecular complexity index is 909. The number of nitrogens with one attached hydrogen (secondary N) is 1. The number of hydrogen-bond acceptors (Lipinski definition) is 4. The molecule has 0 aliphatic carbocycles. The van der Waals surface area contributed by atoms with Crippen LogP contribution in [0.25, 0.3) is 0 Å². The van der Waals surface area contributed by atoms with Gasteiger partial charge in [0, 0.05) is 30.8 Å². The Kier molecular flexibility index (Phi) is 8.11. The standard InChI is InChI=1S/C23H26N2O4/c1-5-28-20-14-13-19(16-21(20)29-6-2)22(26)24-15-7-8-17-9-11-18(12-10-17)23(27)25(3)4/h9-14,16H,5-6,15H2,1-4H3,(H,24,26). The third-order valence-electron chi connectivity index (χ3n) is 3.91. The molecule has 1 N–H and O–H groups in total. The first-order valence-electron chi connectivity index (χ1n) is 9.44. The van der Waals surface area contributed by atoms with E-state index in [9.17, 15) is 9.59 Å². The molecule has 0 aliphatic rings. The summed E-state index contributed by atoms with van der Waals surface area (Å²) in [6.45, 7) is 4.97. The zero-order chi connectivity index (χ0) is 21.2. The van der Waals surface area contributed by atoms with Gasteiger partial charge in [-0.25, -0.2) is 0 Å². The van der Waals surface area contributed by atoms with Gasteiger partial charge in [-0.05, 0) is 56.3 Å². The molecule has 0 bridgehead atoms. The number of carbonyl (C=O) groups excluding carboxylic acids is 2. The number of ether oxygens (including phenoxy) is 2. The van der Waals surface area contributed by atoms with Crippen LogP contribution in [0.3, 0.4) is 0 Å². The van der Waals surface area contributed by atoms with Crippen LogP contribution in [0.2, 0.25) is 0 Å². The molecule has 152 valence electrons. The van der Waals surface area contributed by atoms with Crippen molar-refractivity contribution in [2.75, 3.05) is 33.9 Å². The smallest absolute Gasteiger partial charge is 0.253 e. The van der Waals surface area contributed by atoms with Crippen molar-refractivity contribution in [2.45, 2.75) is 13.8 Å². The quantitative estimate of drug-likeness (QED) is 0.733. The van der Waals surface area contributed by atoms with Crippen LogP contribution in [-0.4, -0.2) is 50.6 Å². The van der Waals surface area contributed by atoms with Crippen molar-refractivity contribution in [1.29, 1.82) is 0 Å². The van der Waals surface area contributed by atoms with Crippen molar-refractivity contribution in [3.63, 3.8) is 0 Å². The van der Waals surface area contributed by atoms with Crippen LogP contribution in [0.5, 0.6) is 11.5 Å². The average Bonchev–Trinajstić information content (AvgIpc) is 2.72. The Morgan fingerprint density at radius 3 is 2.17 bits per heavy atom.